The first-order chi connectivity index (χ1) is 6.86. The maximum Gasteiger partial charge on any atom is 0.0534 e. The Bertz CT molecular complexity index is 247. The SMILES string of the molecule is CCCn1cc(CNCCCO)cn1. The molecule has 1 rings (SSSR count). The van der Waals surface area contributed by atoms with Gasteiger partial charge in [-0.3, -0.25) is 4.68 Å². The number of aromatic nitrogens is 2. The molecule has 0 bridgehead atoms. The van der Waals surface area contributed by atoms with Crippen molar-refractivity contribution < 1.29 is 5.11 Å². The third-order valence-electron chi connectivity index (χ3n) is 1.98. The van der Waals surface area contributed by atoms with Crippen LogP contribution in [0.4, 0.5) is 0 Å². The van der Waals surface area contributed by atoms with E-state index in [-0.39, 0.29) is 6.61 Å². The van der Waals surface area contributed by atoms with Gasteiger partial charge in [0.2, 0.25) is 0 Å². The predicted octanol–water partition coefficient (Wildman–Crippen LogP) is 0.765. The number of hydrogen-bond acceptors (Lipinski definition) is 3. The standard InChI is InChI=1S/C10H19N3O/c1-2-5-13-9-10(8-12-13)7-11-4-3-6-14/h8-9,11,14H,2-7H2,1H3. The number of aliphatic hydroxyl groups is 1. The van der Waals surface area contributed by atoms with Crippen LogP contribution in [-0.2, 0) is 13.1 Å². The van der Waals surface area contributed by atoms with Crippen LogP contribution in [-0.4, -0.2) is 28.0 Å². The lowest BCUT2D eigenvalue weighted by Gasteiger charge is -2.00. The summed E-state index contributed by atoms with van der Waals surface area (Å²) in [5, 5.41) is 16.1. The lowest BCUT2D eigenvalue weighted by Crippen LogP contribution is -2.15. The van der Waals surface area contributed by atoms with Gasteiger partial charge in [-0.15, -0.1) is 0 Å². The van der Waals surface area contributed by atoms with Crippen molar-refractivity contribution in [2.45, 2.75) is 32.9 Å². The Morgan fingerprint density at radius 3 is 3.14 bits per heavy atom. The van der Waals surface area contributed by atoms with Gasteiger partial charge < -0.3 is 10.4 Å². The minimum absolute atomic E-state index is 0.252. The first kappa shape index (κ1) is 11.2. The highest BCUT2D eigenvalue weighted by molar-refractivity contribution is 5.03. The number of aryl methyl sites for hydroxylation is 1. The van der Waals surface area contributed by atoms with Crippen LogP contribution in [0.1, 0.15) is 25.3 Å². The van der Waals surface area contributed by atoms with E-state index in [1.807, 2.05) is 10.9 Å². The fraction of sp³-hybridized carbons (Fsp3) is 0.700. The highest BCUT2D eigenvalue weighted by Crippen LogP contribution is 1.97. The molecule has 0 radical (unpaired) electrons. The van der Waals surface area contributed by atoms with Crippen molar-refractivity contribution in [1.82, 2.24) is 15.1 Å². The first-order valence-electron chi connectivity index (χ1n) is 5.19. The van der Waals surface area contributed by atoms with E-state index in [0.717, 1.165) is 32.5 Å². The van der Waals surface area contributed by atoms with E-state index in [0.29, 0.717) is 0 Å². The van der Waals surface area contributed by atoms with Gasteiger partial charge in [0.25, 0.3) is 0 Å². The average Bonchev–Trinajstić information content (AvgIpc) is 2.61. The van der Waals surface area contributed by atoms with Crippen molar-refractivity contribution in [3.8, 4) is 0 Å². The smallest absolute Gasteiger partial charge is 0.0534 e. The van der Waals surface area contributed by atoms with Gasteiger partial charge in [-0.25, -0.2) is 0 Å². The second-order valence-corrected chi connectivity index (χ2v) is 3.37. The molecular weight excluding hydrogens is 178 g/mol. The van der Waals surface area contributed by atoms with Gasteiger partial charge in [-0.1, -0.05) is 6.92 Å². The Kier molecular flexibility index (Phi) is 5.25. The zero-order chi connectivity index (χ0) is 10.2. The summed E-state index contributed by atoms with van der Waals surface area (Å²) >= 11 is 0. The van der Waals surface area contributed by atoms with Crippen molar-refractivity contribution in [2.75, 3.05) is 13.2 Å². The molecule has 80 valence electrons. The summed E-state index contributed by atoms with van der Waals surface area (Å²) in [4.78, 5) is 0. The van der Waals surface area contributed by atoms with Crippen LogP contribution < -0.4 is 5.32 Å². The van der Waals surface area contributed by atoms with E-state index < -0.39 is 0 Å². The summed E-state index contributed by atoms with van der Waals surface area (Å²) < 4.78 is 1.96. The second-order valence-electron chi connectivity index (χ2n) is 3.37. The zero-order valence-electron chi connectivity index (χ0n) is 8.74. The van der Waals surface area contributed by atoms with Gasteiger partial charge in [-0.05, 0) is 19.4 Å². The third-order valence-corrected chi connectivity index (χ3v) is 1.98. The topological polar surface area (TPSA) is 50.1 Å². The Balaban J connectivity index is 2.22. The molecule has 0 aromatic carbocycles. The molecule has 0 aliphatic rings. The Labute approximate surface area is 84.9 Å². The summed E-state index contributed by atoms with van der Waals surface area (Å²) in [5.74, 6) is 0. The molecule has 0 aliphatic heterocycles. The molecule has 1 heterocycles. The molecule has 0 amide bonds. The van der Waals surface area contributed by atoms with E-state index in [4.69, 9.17) is 5.11 Å². The van der Waals surface area contributed by atoms with Crippen LogP contribution in [0.15, 0.2) is 12.4 Å². The van der Waals surface area contributed by atoms with Gasteiger partial charge >= 0.3 is 0 Å². The molecule has 0 saturated heterocycles. The highest BCUT2D eigenvalue weighted by Gasteiger charge is 1.96. The van der Waals surface area contributed by atoms with Gasteiger partial charge in [0, 0.05) is 31.5 Å². The van der Waals surface area contributed by atoms with Gasteiger partial charge in [-0.2, -0.15) is 5.10 Å². The number of rotatable bonds is 7. The van der Waals surface area contributed by atoms with Crippen LogP contribution in [0.2, 0.25) is 0 Å². The minimum Gasteiger partial charge on any atom is -0.396 e. The zero-order valence-corrected chi connectivity index (χ0v) is 8.74. The largest absolute Gasteiger partial charge is 0.396 e. The number of nitrogens with zero attached hydrogens (tertiary/aromatic N) is 2. The molecule has 1 aromatic rings. The summed E-state index contributed by atoms with van der Waals surface area (Å²) in [6.07, 6.45) is 5.87. The summed E-state index contributed by atoms with van der Waals surface area (Å²) in [7, 11) is 0. The monoisotopic (exact) mass is 197 g/mol. The normalized spacial score (nSPS) is 10.7. The molecule has 1 aromatic heterocycles. The molecule has 4 nitrogen and oxygen atoms in total. The van der Waals surface area contributed by atoms with Crippen molar-refractivity contribution in [1.29, 1.82) is 0 Å². The molecule has 0 spiro atoms. The summed E-state index contributed by atoms with van der Waals surface area (Å²) in [6, 6.07) is 0. The molecule has 0 fully saturated rings. The average molecular weight is 197 g/mol. The van der Waals surface area contributed by atoms with Crippen molar-refractivity contribution in [3.05, 3.63) is 18.0 Å². The van der Waals surface area contributed by atoms with Gasteiger partial charge in [0.1, 0.15) is 0 Å². The quantitative estimate of drug-likeness (QED) is 0.635. The minimum atomic E-state index is 0.252. The highest BCUT2D eigenvalue weighted by atomic mass is 16.3. The maximum atomic E-state index is 8.58. The van der Waals surface area contributed by atoms with Gasteiger partial charge in [0.15, 0.2) is 0 Å². The van der Waals surface area contributed by atoms with Crippen molar-refractivity contribution >= 4 is 0 Å². The van der Waals surface area contributed by atoms with Crippen LogP contribution in [0.5, 0.6) is 0 Å². The Morgan fingerprint density at radius 2 is 2.43 bits per heavy atom. The molecule has 2 N–H and O–H groups in total. The van der Waals surface area contributed by atoms with E-state index in [9.17, 15) is 0 Å². The molecule has 14 heavy (non-hydrogen) atoms. The van der Waals surface area contributed by atoms with Crippen molar-refractivity contribution in [3.63, 3.8) is 0 Å². The lowest BCUT2D eigenvalue weighted by molar-refractivity contribution is 0.286. The number of hydrogen-bond donors (Lipinski definition) is 2. The fourth-order valence-electron chi connectivity index (χ4n) is 1.29. The van der Waals surface area contributed by atoms with E-state index in [1.165, 1.54) is 5.56 Å². The van der Waals surface area contributed by atoms with Gasteiger partial charge in [0.05, 0.1) is 6.20 Å². The maximum absolute atomic E-state index is 8.58. The summed E-state index contributed by atoms with van der Waals surface area (Å²) in [5.41, 5.74) is 1.20. The molecule has 0 saturated carbocycles. The van der Waals surface area contributed by atoms with Crippen LogP contribution >= 0.6 is 0 Å². The first-order valence-corrected chi connectivity index (χ1v) is 5.19. The van der Waals surface area contributed by atoms with E-state index in [2.05, 4.69) is 23.5 Å². The van der Waals surface area contributed by atoms with Crippen molar-refractivity contribution in [2.24, 2.45) is 0 Å². The Hall–Kier alpha value is -0.870. The Morgan fingerprint density at radius 1 is 1.57 bits per heavy atom. The van der Waals surface area contributed by atoms with E-state index >= 15 is 0 Å². The molecule has 4 heteroatoms. The van der Waals surface area contributed by atoms with Crippen LogP contribution in [0, 0.1) is 0 Å². The van der Waals surface area contributed by atoms with Crippen LogP contribution in [0.3, 0.4) is 0 Å². The molecular formula is C10H19N3O. The lowest BCUT2D eigenvalue weighted by atomic mass is 10.3. The number of nitrogens with one attached hydrogen (secondary N) is 1. The molecule has 0 atom stereocenters. The fourth-order valence-corrected chi connectivity index (χ4v) is 1.29. The molecule has 0 aliphatic carbocycles. The summed E-state index contributed by atoms with van der Waals surface area (Å²) in [6.45, 7) is 5.07. The van der Waals surface area contributed by atoms with Crippen LogP contribution in [0.25, 0.3) is 0 Å². The number of aliphatic hydroxyl groups excluding tert-OH is 1. The third kappa shape index (κ3) is 3.89. The van der Waals surface area contributed by atoms with E-state index in [1.54, 1.807) is 0 Å². The predicted molar refractivity (Wildman–Crippen MR) is 55.9 cm³/mol. The second kappa shape index (κ2) is 6.56. The molecule has 0 unspecified atom stereocenters.